The molecule has 1 aromatic carbocycles. The molecule has 2 aromatic rings. The Balaban J connectivity index is 1.64. The molecule has 0 bridgehead atoms. The van der Waals surface area contributed by atoms with E-state index < -0.39 is 23.1 Å². The molecule has 1 saturated carbocycles. The van der Waals surface area contributed by atoms with Gasteiger partial charge in [0, 0.05) is 30.3 Å². The summed E-state index contributed by atoms with van der Waals surface area (Å²) in [5, 5.41) is 2.82. The second kappa shape index (κ2) is 8.85. The SMILES string of the molecule is C#CCOc1cnc(C(=O)Nc2cc(F)c(F)c([C@@]3(C)N=C(N)S[C@]4(COC)[C@H]3[C@@H]4C)c2)cn1. The van der Waals surface area contributed by atoms with Gasteiger partial charge in [0.15, 0.2) is 23.4 Å². The number of carbonyl (C=O) groups excluding carboxylic acids is 1. The fourth-order valence-corrected chi connectivity index (χ4v) is 6.40. The minimum absolute atomic E-state index is 0.00462. The highest BCUT2D eigenvalue weighted by atomic mass is 32.2. The van der Waals surface area contributed by atoms with Crippen molar-refractivity contribution < 1.29 is 23.0 Å². The molecule has 1 fully saturated rings. The van der Waals surface area contributed by atoms with Crippen LogP contribution < -0.4 is 15.8 Å². The second-order valence-electron chi connectivity index (χ2n) is 8.36. The molecule has 1 amide bonds. The number of terminal acetylenes is 1. The van der Waals surface area contributed by atoms with E-state index in [2.05, 4.69) is 26.2 Å². The summed E-state index contributed by atoms with van der Waals surface area (Å²) in [6.45, 7) is 4.14. The Labute approximate surface area is 199 Å². The summed E-state index contributed by atoms with van der Waals surface area (Å²) in [5.41, 5.74) is 4.97. The van der Waals surface area contributed by atoms with Crippen LogP contribution in [0, 0.1) is 35.8 Å². The summed E-state index contributed by atoms with van der Waals surface area (Å²) >= 11 is 1.40. The molecule has 11 heteroatoms. The molecule has 1 aliphatic heterocycles. The van der Waals surface area contributed by atoms with Gasteiger partial charge >= 0.3 is 0 Å². The third-order valence-electron chi connectivity index (χ3n) is 6.30. The summed E-state index contributed by atoms with van der Waals surface area (Å²) in [5.74, 6) is -0.410. The van der Waals surface area contributed by atoms with Gasteiger partial charge in [-0.1, -0.05) is 24.6 Å². The molecule has 8 nitrogen and oxygen atoms in total. The molecule has 1 aliphatic carbocycles. The molecular weight excluding hydrogens is 464 g/mol. The smallest absolute Gasteiger partial charge is 0.275 e. The van der Waals surface area contributed by atoms with Crippen molar-refractivity contribution in [3.8, 4) is 18.2 Å². The maximum atomic E-state index is 15.1. The van der Waals surface area contributed by atoms with E-state index >= 15 is 4.39 Å². The Kier molecular flexibility index (Phi) is 6.22. The lowest BCUT2D eigenvalue weighted by Gasteiger charge is -2.34. The Morgan fingerprint density at radius 3 is 2.76 bits per heavy atom. The summed E-state index contributed by atoms with van der Waals surface area (Å²) in [4.78, 5) is 25.1. The molecule has 178 valence electrons. The number of aromatic nitrogens is 2. The third kappa shape index (κ3) is 3.97. The number of ether oxygens (including phenoxy) is 2. The number of amides is 1. The third-order valence-corrected chi connectivity index (χ3v) is 7.72. The highest BCUT2D eigenvalue weighted by molar-refractivity contribution is 8.15. The predicted octanol–water partition coefficient (Wildman–Crippen LogP) is 2.95. The first kappa shape index (κ1) is 23.9. The van der Waals surface area contributed by atoms with Crippen LogP contribution in [0.25, 0.3) is 0 Å². The number of hydrogen-bond donors (Lipinski definition) is 2. The number of nitrogens with one attached hydrogen (secondary N) is 1. The minimum atomic E-state index is -1.14. The monoisotopic (exact) mass is 487 g/mol. The van der Waals surface area contributed by atoms with E-state index in [-0.39, 0.29) is 51.2 Å². The van der Waals surface area contributed by atoms with Gasteiger partial charge in [0.1, 0.15) is 5.69 Å². The van der Waals surface area contributed by atoms with Crippen LogP contribution in [-0.2, 0) is 10.3 Å². The first-order valence-electron chi connectivity index (χ1n) is 10.4. The fraction of sp³-hybridized carbons (Fsp3) is 0.391. The molecule has 2 aliphatic rings. The Morgan fingerprint density at radius 2 is 2.12 bits per heavy atom. The standard InChI is InChI=1S/C23H23F2N5O3S/c1-5-6-33-17-10-27-16(9-28-17)20(31)29-13-7-14(18(25)15(24)8-13)22(3)19-12(2)23(19,11-32-4)34-21(26)30-22/h1,7-10,12,19H,6,11H2,2-4H3,(H2,26,30)(H,29,31)/t12-,19-,22+,23-/m0/s1. The van der Waals surface area contributed by atoms with Crippen LogP contribution in [0.4, 0.5) is 14.5 Å². The molecule has 2 heterocycles. The first-order chi connectivity index (χ1) is 16.2. The van der Waals surface area contributed by atoms with E-state index in [9.17, 15) is 9.18 Å². The number of halogens is 2. The number of rotatable bonds is 7. The number of nitrogens with two attached hydrogens (primary N) is 1. The van der Waals surface area contributed by atoms with Gasteiger partial charge in [-0.15, -0.1) is 6.42 Å². The molecule has 0 unspecified atom stereocenters. The molecular formula is C23H23F2N5O3S. The zero-order valence-corrected chi connectivity index (χ0v) is 19.6. The number of anilines is 1. The summed E-state index contributed by atoms with van der Waals surface area (Å²) in [7, 11) is 1.59. The van der Waals surface area contributed by atoms with E-state index in [1.807, 2.05) is 6.92 Å². The van der Waals surface area contributed by atoms with E-state index in [4.69, 9.17) is 21.6 Å². The van der Waals surface area contributed by atoms with Crippen LogP contribution in [0.1, 0.15) is 29.9 Å². The summed E-state index contributed by atoms with van der Waals surface area (Å²) in [6.07, 6.45) is 7.55. The van der Waals surface area contributed by atoms with Crippen molar-refractivity contribution in [1.29, 1.82) is 0 Å². The predicted molar refractivity (Wildman–Crippen MR) is 124 cm³/mol. The van der Waals surface area contributed by atoms with Crippen LogP contribution in [0.15, 0.2) is 29.5 Å². The van der Waals surface area contributed by atoms with Crippen LogP contribution in [0.5, 0.6) is 5.88 Å². The number of methoxy groups -OCH3 is 1. The van der Waals surface area contributed by atoms with Crippen molar-refractivity contribution >= 4 is 28.5 Å². The van der Waals surface area contributed by atoms with Gasteiger partial charge < -0.3 is 20.5 Å². The second-order valence-corrected chi connectivity index (χ2v) is 9.74. The first-order valence-corrected chi connectivity index (χ1v) is 11.2. The topological polar surface area (TPSA) is 112 Å². The van der Waals surface area contributed by atoms with Gasteiger partial charge in [-0.05, 0) is 18.9 Å². The number of thioether (sulfide) groups is 1. The average Bonchev–Trinajstić information content (AvgIpc) is 3.38. The number of hydrogen-bond acceptors (Lipinski definition) is 8. The number of carbonyl (C=O) groups is 1. The van der Waals surface area contributed by atoms with E-state index in [0.29, 0.717) is 6.61 Å². The average molecular weight is 488 g/mol. The van der Waals surface area contributed by atoms with E-state index in [0.717, 1.165) is 6.07 Å². The quantitative estimate of drug-likeness (QED) is 0.578. The van der Waals surface area contributed by atoms with Crippen LogP contribution >= 0.6 is 11.8 Å². The number of amidine groups is 1. The largest absolute Gasteiger partial charge is 0.463 e. The van der Waals surface area contributed by atoms with Gasteiger partial charge in [-0.3, -0.25) is 9.79 Å². The maximum absolute atomic E-state index is 15.1. The zero-order valence-electron chi connectivity index (χ0n) is 18.8. The van der Waals surface area contributed by atoms with Crippen LogP contribution in [0.2, 0.25) is 0 Å². The zero-order chi connectivity index (χ0) is 24.7. The van der Waals surface area contributed by atoms with Crippen molar-refractivity contribution in [2.24, 2.45) is 22.6 Å². The lowest BCUT2D eigenvalue weighted by atomic mass is 9.84. The highest BCUT2D eigenvalue weighted by Gasteiger charge is 2.72. The maximum Gasteiger partial charge on any atom is 0.275 e. The fourth-order valence-electron chi connectivity index (χ4n) is 4.79. The molecule has 3 N–H and O–H groups in total. The summed E-state index contributed by atoms with van der Waals surface area (Å²) < 4.78 is 39.9. The van der Waals surface area contributed by atoms with E-state index in [1.165, 1.54) is 30.2 Å². The molecule has 0 radical (unpaired) electrons. The van der Waals surface area contributed by atoms with Crippen LogP contribution in [0.3, 0.4) is 0 Å². The van der Waals surface area contributed by atoms with Gasteiger partial charge in [-0.2, -0.15) is 0 Å². The molecule has 0 spiro atoms. The highest BCUT2D eigenvalue weighted by Crippen LogP contribution is 2.69. The Bertz CT molecular complexity index is 1200. The molecule has 4 atom stereocenters. The molecule has 34 heavy (non-hydrogen) atoms. The van der Waals surface area contributed by atoms with Gasteiger partial charge in [0.25, 0.3) is 5.91 Å². The number of aliphatic imine (C=N–C) groups is 1. The van der Waals surface area contributed by atoms with Crippen LogP contribution in [-0.4, -0.2) is 46.1 Å². The van der Waals surface area contributed by atoms with Crippen molar-refractivity contribution in [2.45, 2.75) is 24.1 Å². The Morgan fingerprint density at radius 1 is 1.35 bits per heavy atom. The van der Waals surface area contributed by atoms with E-state index in [1.54, 1.807) is 14.0 Å². The van der Waals surface area contributed by atoms with Crippen molar-refractivity contribution in [3.05, 3.63) is 47.4 Å². The minimum Gasteiger partial charge on any atom is -0.463 e. The van der Waals surface area contributed by atoms with Gasteiger partial charge in [-0.25, -0.2) is 18.7 Å². The van der Waals surface area contributed by atoms with Crippen molar-refractivity contribution in [3.63, 3.8) is 0 Å². The lowest BCUT2D eigenvalue weighted by Crippen LogP contribution is -2.38. The number of benzene rings is 1. The summed E-state index contributed by atoms with van der Waals surface area (Å²) in [6, 6.07) is 2.28. The van der Waals surface area contributed by atoms with Gasteiger partial charge in [0.2, 0.25) is 5.88 Å². The molecule has 4 rings (SSSR count). The van der Waals surface area contributed by atoms with Crippen molar-refractivity contribution in [1.82, 2.24) is 9.97 Å². The Hall–Kier alpha value is -3.23. The number of fused-ring (bicyclic) bond motifs is 1. The molecule has 1 aromatic heterocycles. The van der Waals surface area contributed by atoms with Gasteiger partial charge in [0.05, 0.1) is 29.3 Å². The lowest BCUT2D eigenvalue weighted by molar-refractivity contribution is 0.102. The number of nitrogens with zero attached hydrogens (tertiary/aromatic N) is 3. The normalized spacial score (nSPS) is 27.2. The molecule has 0 saturated heterocycles. The van der Waals surface area contributed by atoms with Crippen molar-refractivity contribution in [2.75, 3.05) is 25.6 Å².